The number of nitrogens with one attached hydrogen (secondary N) is 1. The molecule has 0 radical (unpaired) electrons. The molecule has 1 rings (SSSR count). The maximum absolute atomic E-state index is 12.0. The molecule has 0 saturated carbocycles. The normalized spacial score (nSPS) is 12.9. The Labute approximate surface area is 111 Å². The SMILES string of the molecule is CCn1cnc(S(=O)(=O)NC(C)(C)CCBr)c1. The highest BCUT2D eigenvalue weighted by atomic mass is 79.9. The molecule has 0 amide bonds. The van der Waals surface area contributed by atoms with Crippen molar-refractivity contribution in [3.05, 3.63) is 12.5 Å². The fourth-order valence-corrected chi connectivity index (χ4v) is 3.74. The number of aromatic nitrogens is 2. The van der Waals surface area contributed by atoms with Crippen LogP contribution in [0.5, 0.6) is 0 Å². The van der Waals surface area contributed by atoms with Gasteiger partial charge in [-0.15, -0.1) is 0 Å². The second kappa shape index (κ2) is 5.49. The van der Waals surface area contributed by atoms with Crippen LogP contribution < -0.4 is 4.72 Å². The summed E-state index contributed by atoms with van der Waals surface area (Å²) < 4.78 is 28.5. The quantitative estimate of drug-likeness (QED) is 0.811. The Bertz CT molecular complexity index is 468. The molecule has 98 valence electrons. The number of halogens is 1. The lowest BCUT2D eigenvalue weighted by molar-refractivity contribution is 0.442. The van der Waals surface area contributed by atoms with Crippen LogP contribution >= 0.6 is 15.9 Å². The number of sulfonamides is 1. The summed E-state index contributed by atoms with van der Waals surface area (Å²) in [6.45, 7) is 6.33. The van der Waals surface area contributed by atoms with Gasteiger partial charge in [-0.05, 0) is 27.2 Å². The predicted octanol–water partition coefficient (Wildman–Crippen LogP) is 1.74. The van der Waals surface area contributed by atoms with Crippen LogP contribution in [0.4, 0.5) is 0 Å². The predicted molar refractivity (Wildman–Crippen MR) is 70.7 cm³/mol. The van der Waals surface area contributed by atoms with E-state index in [0.29, 0.717) is 13.0 Å². The van der Waals surface area contributed by atoms with Crippen LogP contribution in [0.3, 0.4) is 0 Å². The van der Waals surface area contributed by atoms with E-state index in [2.05, 4.69) is 25.6 Å². The van der Waals surface area contributed by atoms with Gasteiger partial charge >= 0.3 is 0 Å². The van der Waals surface area contributed by atoms with Crippen molar-refractivity contribution in [2.24, 2.45) is 0 Å². The molecule has 0 atom stereocenters. The average molecular weight is 324 g/mol. The molecule has 0 aromatic carbocycles. The minimum atomic E-state index is -3.53. The lowest BCUT2D eigenvalue weighted by Gasteiger charge is -2.24. The van der Waals surface area contributed by atoms with Gasteiger partial charge in [0.2, 0.25) is 0 Å². The van der Waals surface area contributed by atoms with E-state index in [0.717, 1.165) is 5.33 Å². The van der Waals surface area contributed by atoms with Gasteiger partial charge in [-0.2, -0.15) is 0 Å². The third kappa shape index (κ3) is 4.08. The molecular formula is C10H18BrN3O2S. The summed E-state index contributed by atoms with van der Waals surface area (Å²) in [4.78, 5) is 3.90. The zero-order valence-electron chi connectivity index (χ0n) is 10.3. The summed E-state index contributed by atoms with van der Waals surface area (Å²) in [5.74, 6) is 0. The Morgan fingerprint density at radius 3 is 2.65 bits per heavy atom. The Balaban J connectivity index is 2.88. The van der Waals surface area contributed by atoms with E-state index in [4.69, 9.17) is 0 Å². The standard InChI is InChI=1S/C10H18BrN3O2S/c1-4-14-7-9(12-8-14)17(15,16)13-10(2,3)5-6-11/h7-8,13H,4-6H2,1-3H3. The number of hydrogen-bond acceptors (Lipinski definition) is 3. The first-order valence-corrected chi connectivity index (χ1v) is 8.03. The van der Waals surface area contributed by atoms with Gasteiger partial charge in [0.15, 0.2) is 5.03 Å². The highest BCUT2D eigenvalue weighted by Gasteiger charge is 2.27. The number of imidazole rings is 1. The Morgan fingerprint density at radius 2 is 2.18 bits per heavy atom. The van der Waals surface area contributed by atoms with E-state index in [1.165, 1.54) is 12.5 Å². The third-order valence-electron chi connectivity index (χ3n) is 2.38. The first-order chi connectivity index (χ1) is 7.80. The van der Waals surface area contributed by atoms with E-state index in [9.17, 15) is 8.42 Å². The lowest BCUT2D eigenvalue weighted by Crippen LogP contribution is -2.43. The Hall–Kier alpha value is -0.400. The van der Waals surface area contributed by atoms with Crippen LogP contribution in [0, 0.1) is 0 Å². The molecule has 0 bridgehead atoms. The minimum Gasteiger partial charge on any atom is -0.336 e. The Kier molecular flexibility index (Phi) is 4.74. The van der Waals surface area contributed by atoms with Gasteiger partial charge in [-0.3, -0.25) is 0 Å². The van der Waals surface area contributed by atoms with Gasteiger partial charge in [0.1, 0.15) is 0 Å². The molecule has 7 heteroatoms. The van der Waals surface area contributed by atoms with Crippen LogP contribution in [-0.4, -0.2) is 28.8 Å². The smallest absolute Gasteiger partial charge is 0.260 e. The van der Waals surface area contributed by atoms with Gasteiger partial charge in [0.05, 0.1) is 6.33 Å². The summed E-state index contributed by atoms with van der Waals surface area (Å²) in [5.41, 5.74) is -0.488. The monoisotopic (exact) mass is 323 g/mol. The number of nitrogens with zero attached hydrogens (tertiary/aromatic N) is 2. The first kappa shape index (κ1) is 14.7. The van der Waals surface area contributed by atoms with Crippen LogP contribution in [0.15, 0.2) is 17.6 Å². The summed E-state index contributed by atoms with van der Waals surface area (Å²) in [6.07, 6.45) is 3.76. The highest BCUT2D eigenvalue weighted by Crippen LogP contribution is 2.15. The molecule has 0 spiro atoms. The summed E-state index contributed by atoms with van der Waals surface area (Å²) >= 11 is 3.31. The van der Waals surface area contributed by atoms with Crippen molar-refractivity contribution in [2.75, 3.05) is 5.33 Å². The lowest BCUT2D eigenvalue weighted by atomic mass is 10.0. The third-order valence-corrected chi connectivity index (χ3v) is 4.36. The van der Waals surface area contributed by atoms with Crippen LogP contribution in [0.1, 0.15) is 27.2 Å². The molecule has 1 aromatic heterocycles. The maximum atomic E-state index is 12.0. The van der Waals surface area contributed by atoms with E-state index < -0.39 is 15.6 Å². The highest BCUT2D eigenvalue weighted by molar-refractivity contribution is 9.09. The summed E-state index contributed by atoms with van der Waals surface area (Å²) in [5, 5.41) is 0.813. The zero-order valence-corrected chi connectivity index (χ0v) is 12.7. The molecule has 0 aliphatic carbocycles. The molecule has 0 saturated heterocycles. The summed E-state index contributed by atoms with van der Waals surface area (Å²) in [7, 11) is -3.53. The van der Waals surface area contributed by atoms with Crippen molar-refractivity contribution in [2.45, 2.75) is 44.3 Å². The molecular weight excluding hydrogens is 306 g/mol. The Morgan fingerprint density at radius 1 is 1.53 bits per heavy atom. The van der Waals surface area contributed by atoms with E-state index in [-0.39, 0.29) is 5.03 Å². The fourth-order valence-electron chi connectivity index (χ4n) is 1.35. The van der Waals surface area contributed by atoms with Crippen molar-refractivity contribution in [3.63, 3.8) is 0 Å². The second-order valence-corrected chi connectivity index (χ2v) is 6.89. The average Bonchev–Trinajstić information content (AvgIpc) is 2.64. The first-order valence-electron chi connectivity index (χ1n) is 5.42. The minimum absolute atomic E-state index is 0.0713. The molecule has 1 heterocycles. The fraction of sp³-hybridized carbons (Fsp3) is 0.700. The van der Waals surface area contributed by atoms with E-state index >= 15 is 0 Å². The molecule has 1 aromatic rings. The maximum Gasteiger partial charge on any atom is 0.260 e. The molecule has 0 fully saturated rings. The number of rotatable bonds is 6. The van der Waals surface area contributed by atoms with Gasteiger partial charge in [0, 0.05) is 23.6 Å². The number of alkyl halides is 1. The van der Waals surface area contributed by atoms with Gasteiger partial charge in [-0.25, -0.2) is 18.1 Å². The van der Waals surface area contributed by atoms with Crippen LogP contribution in [-0.2, 0) is 16.6 Å². The van der Waals surface area contributed by atoms with Crippen molar-refractivity contribution < 1.29 is 8.42 Å². The number of hydrogen-bond donors (Lipinski definition) is 1. The van der Waals surface area contributed by atoms with Gasteiger partial charge in [-0.1, -0.05) is 15.9 Å². The van der Waals surface area contributed by atoms with Gasteiger partial charge in [0.25, 0.3) is 10.0 Å². The topological polar surface area (TPSA) is 64.0 Å². The van der Waals surface area contributed by atoms with Crippen molar-refractivity contribution in [1.29, 1.82) is 0 Å². The summed E-state index contributed by atoms with van der Waals surface area (Å²) in [6, 6.07) is 0. The molecule has 0 unspecified atom stereocenters. The zero-order chi connectivity index (χ0) is 13.1. The van der Waals surface area contributed by atoms with Crippen LogP contribution in [0.25, 0.3) is 0 Å². The van der Waals surface area contributed by atoms with Gasteiger partial charge < -0.3 is 4.57 Å². The largest absolute Gasteiger partial charge is 0.336 e. The van der Waals surface area contributed by atoms with Crippen molar-refractivity contribution in [3.8, 4) is 0 Å². The molecule has 1 N–H and O–H groups in total. The van der Waals surface area contributed by atoms with Crippen molar-refractivity contribution in [1.82, 2.24) is 14.3 Å². The molecule has 17 heavy (non-hydrogen) atoms. The number of aryl methyl sites for hydroxylation is 1. The van der Waals surface area contributed by atoms with Crippen molar-refractivity contribution >= 4 is 26.0 Å². The van der Waals surface area contributed by atoms with Crippen LogP contribution in [0.2, 0.25) is 0 Å². The molecule has 5 nitrogen and oxygen atoms in total. The molecule has 0 aliphatic rings. The molecule has 0 aliphatic heterocycles. The second-order valence-electron chi connectivity index (χ2n) is 4.47. The van der Waals surface area contributed by atoms with E-state index in [1.807, 2.05) is 20.8 Å². The van der Waals surface area contributed by atoms with E-state index in [1.54, 1.807) is 4.57 Å².